The van der Waals surface area contributed by atoms with Crippen LogP contribution in [-0.4, -0.2) is 9.78 Å². The maximum Gasteiger partial charge on any atom is 0.0947 e. The summed E-state index contributed by atoms with van der Waals surface area (Å²) in [6.07, 6.45) is 5.25. The minimum absolute atomic E-state index is 0.285. The van der Waals surface area contributed by atoms with E-state index in [0.29, 0.717) is 0 Å². The van der Waals surface area contributed by atoms with E-state index in [0.717, 1.165) is 12.1 Å². The summed E-state index contributed by atoms with van der Waals surface area (Å²) in [5.74, 6) is 0. The fourth-order valence-electron chi connectivity index (χ4n) is 1.58. The Balaban J connectivity index is 1.93. The standard InChI is InChI=1S/C11H15N3O/c1-9(11-3-5-13-14(11)2)12-7-10-4-6-15-8-10/h3-6,8-9,12H,7H2,1-2H3. The number of rotatable bonds is 4. The van der Waals surface area contributed by atoms with Crippen LogP contribution in [0.1, 0.15) is 24.2 Å². The van der Waals surface area contributed by atoms with Crippen LogP contribution in [0, 0.1) is 0 Å². The van der Waals surface area contributed by atoms with Gasteiger partial charge in [0.2, 0.25) is 0 Å². The summed E-state index contributed by atoms with van der Waals surface area (Å²) < 4.78 is 6.89. The molecule has 0 bridgehead atoms. The zero-order valence-corrected chi connectivity index (χ0v) is 8.97. The van der Waals surface area contributed by atoms with Gasteiger partial charge in [-0.15, -0.1) is 0 Å². The van der Waals surface area contributed by atoms with Crippen LogP contribution in [0.25, 0.3) is 0 Å². The van der Waals surface area contributed by atoms with E-state index in [1.165, 1.54) is 5.69 Å². The maximum absolute atomic E-state index is 5.00. The van der Waals surface area contributed by atoms with E-state index in [9.17, 15) is 0 Å². The predicted molar refractivity (Wildman–Crippen MR) is 57.2 cm³/mol. The molecule has 0 aliphatic rings. The summed E-state index contributed by atoms with van der Waals surface area (Å²) in [4.78, 5) is 0. The molecule has 2 rings (SSSR count). The van der Waals surface area contributed by atoms with Crippen LogP contribution in [0.3, 0.4) is 0 Å². The first kappa shape index (κ1) is 9.98. The molecule has 0 saturated carbocycles. The molecular formula is C11H15N3O. The Hall–Kier alpha value is -1.55. The highest BCUT2D eigenvalue weighted by atomic mass is 16.3. The van der Waals surface area contributed by atoms with Crippen LogP contribution in [0.2, 0.25) is 0 Å². The van der Waals surface area contributed by atoms with Gasteiger partial charge in [-0.25, -0.2) is 0 Å². The third-order valence-electron chi connectivity index (χ3n) is 2.49. The molecule has 15 heavy (non-hydrogen) atoms. The normalized spacial score (nSPS) is 12.9. The topological polar surface area (TPSA) is 43.0 Å². The third-order valence-corrected chi connectivity index (χ3v) is 2.49. The Kier molecular flexibility index (Phi) is 2.87. The van der Waals surface area contributed by atoms with Gasteiger partial charge < -0.3 is 9.73 Å². The van der Waals surface area contributed by atoms with Crippen molar-refractivity contribution in [3.63, 3.8) is 0 Å². The SMILES string of the molecule is CC(NCc1ccoc1)c1ccnn1C. The molecular weight excluding hydrogens is 190 g/mol. The highest BCUT2D eigenvalue weighted by Gasteiger charge is 2.08. The van der Waals surface area contributed by atoms with E-state index >= 15 is 0 Å². The number of aryl methyl sites for hydroxylation is 1. The number of furan rings is 1. The van der Waals surface area contributed by atoms with Gasteiger partial charge in [-0.05, 0) is 19.1 Å². The van der Waals surface area contributed by atoms with E-state index in [4.69, 9.17) is 4.42 Å². The Morgan fingerprint density at radius 2 is 2.40 bits per heavy atom. The molecule has 4 heteroatoms. The van der Waals surface area contributed by atoms with Gasteiger partial charge in [0.15, 0.2) is 0 Å². The van der Waals surface area contributed by atoms with Crippen LogP contribution >= 0.6 is 0 Å². The fraction of sp³-hybridized carbons (Fsp3) is 0.364. The number of nitrogens with one attached hydrogen (secondary N) is 1. The molecule has 0 aliphatic heterocycles. The molecule has 4 nitrogen and oxygen atoms in total. The monoisotopic (exact) mass is 205 g/mol. The van der Waals surface area contributed by atoms with E-state index in [1.807, 2.05) is 30.1 Å². The summed E-state index contributed by atoms with van der Waals surface area (Å²) in [5.41, 5.74) is 2.34. The third kappa shape index (κ3) is 2.27. The first-order valence-corrected chi connectivity index (χ1v) is 4.99. The lowest BCUT2D eigenvalue weighted by molar-refractivity contribution is 0.521. The van der Waals surface area contributed by atoms with Gasteiger partial charge in [-0.2, -0.15) is 5.10 Å². The van der Waals surface area contributed by atoms with Gasteiger partial charge in [0, 0.05) is 31.4 Å². The lowest BCUT2D eigenvalue weighted by Gasteiger charge is -2.13. The van der Waals surface area contributed by atoms with E-state index in [1.54, 1.807) is 12.5 Å². The van der Waals surface area contributed by atoms with Crippen LogP contribution in [-0.2, 0) is 13.6 Å². The van der Waals surface area contributed by atoms with E-state index < -0.39 is 0 Å². The van der Waals surface area contributed by atoms with E-state index in [2.05, 4.69) is 17.3 Å². The van der Waals surface area contributed by atoms with Crippen molar-refractivity contribution in [1.29, 1.82) is 0 Å². The first-order chi connectivity index (χ1) is 7.27. The molecule has 2 heterocycles. The minimum atomic E-state index is 0.285. The second-order valence-corrected chi connectivity index (χ2v) is 3.61. The molecule has 0 spiro atoms. The second-order valence-electron chi connectivity index (χ2n) is 3.61. The molecule has 2 aromatic rings. The lowest BCUT2D eigenvalue weighted by atomic mass is 10.2. The molecule has 0 amide bonds. The molecule has 1 atom stereocenters. The van der Waals surface area contributed by atoms with Gasteiger partial charge in [-0.1, -0.05) is 0 Å². The van der Waals surface area contributed by atoms with Crippen molar-refractivity contribution in [2.75, 3.05) is 0 Å². The average molecular weight is 205 g/mol. The zero-order valence-electron chi connectivity index (χ0n) is 8.97. The Labute approximate surface area is 88.9 Å². The Morgan fingerprint density at radius 3 is 3.00 bits per heavy atom. The maximum atomic E-state index is 5.00. The van der Waals surface area contributed by atoms with Gasteiger partial charge in [0.05, 0.1) is 18.2 Å². The summed E-state index contributed by atoms with van der Waals surface area (Å²) in [7, 11) is 1.95. The number of hydrogen-bond acceptors (Lipinski definition) is 3. The minimum Gasteiger partial charge on any atom is -0.472 e. The fourth-order valence-corrected chi connectivity index (χ4v) is 1.58. The quantitative estimate of drug-likeness (QED) is 0.828. The highest BCUT2D eigenvalue weighted by molar-refractivity contribution is 5.08. The van der Waals surface area contributed by atoms with Crippen molar-refractivity contribution < 1.29 is 4.42 Å². The zero-order chi connectivity index (χ0) is 10.7. The molecule has 2 aromatic heterocycles. The van der Waals surface area contributed by atoms with Crippen LogP contribution in [0.4, 0.5) is 0 Å². The summed E-state index contributed by atoms with van der Waals surface area (Å²) in [5, 5.41) is 7.55. The lowest BCUT2D eigenvalue weighted by Crippen LogP contribution is -2.20. The smallest absolute Gasteiger partial charge is 0.0947 e. The molecule has 0 radical (unpaired) electrons. The molecule has 0 aliphatic carbocycles. The second kappa shape index (κ2) is 4.31. The van der Waals surface area contributed by atoms with Gasteiger partial charge in [-0.3, -0.25) is 4.68 Å². The molecule has 0 saturated heterocycles. The number of nitrogens with zero attached hydrogens (tertiary/aromatic N) is 2. The average Bonchev–Trinajstić information content (AvgIpc) is 2.84. The summed E-state index contributed by atoms with van der Waals surface area (Å²) in [6, 6.07) is 4.27. The summed E-state index contributed by atoms with van der Waals surface area (Å²) >= 11 is 0. The summed E-state index contributed by atoms with van der Waals surface area (Å²) in [6.45, 7) is 2.93. The first-order valence-electron chi connectivity index (χ1n) is 4.99. The van der Waals surface area contributed by atoms with Crippen molar-refractivity contribution in [1.82, 2.24) is 15.1 Å². The number of hydrogen-bond donors (Lipinski definition) is 1. The van der Waals surface area contributed by atoms with Gasteiger partial charge in [0.25, 0.3) is 0 Å². The highest BCUT2D eigenvalue weighted by Crippen LogP contribution is 2.11. The Bertz CT molecular complexity index is 405. The van der Waals surface area contributed by atoms with Crippen molar-refractivity contribution in [2.24, 2.45) is 7.05 Å². The van der Waals surface area contributed by atoms with Crippen molar-refractivity contribution in [2.45, 2.75) is 19.5 Å². The molecule has 80 valence electrons. The van der Waals surface area contributed by atoms with Crippen LogP contribution < -0.4 is 5.32 Å². The van der Waals surface area contributed by atoms with Crippen molar-refractivity contribution in [3.05, 3.63) is 42.1 Å². The van der Waals surface area contributed by atoms with Crippen LogP contribution in [0.5, 0.6) is 0 Å². The molecule has 1 N–H and O–H groups in total. The number of aromatic nitrogens is 2. The van der Waals surface area contributed by atoms with Gasteiger partial charge in [0.1, 0.15) is 0 Å². The molecule has 1 unspecified atom stereocenters. The van der Waals surface area contributed by atoms with Crippen molar-refractivity contribution in [3.8, 4) is 0 Å². The van der Waals surface area contributed by atoms with Gasteiger partial charge >= 0.3 is 0 Å². The molecule has 0 fully saturated rings. The van der Waals surface area contributed by atoms with Crippen LogP contribution in [0.15, 0.2) is 35.3 Å². The Morgan fingerprint density at radius 1 is 1.53 bits per heavy atom. The van der Waals surface area contributed by atoms with Crippen molar-refractivity contribution >= 4 is 0 Å². The van der Waals surface area contributed by atoms with E-state index in [-0.39, 0.29) is 6.04 Å². The predicted octanol–water partition coefficient (Wildman–Crippen LogP) is 1.86. The molecule has 0 aromatic carbocycles. The largest absolute Gasteiger partial charge is 0.472 e.